The van der Waals surface area contributed by atoms with Gasteiger partial charge in [-0.25, -0.2) is 9.97 Å². The predicted molar refractivity (Wildman–Crippen MR) is 58.1 cm³/mol. The standard InChI is InChI=1S/C9H10N4S/c10-8-2-1-7(5-13-8)12-6-9-11-3-4-14-9/h1-5,12H,6H2,(H2,10,13). The summed E-state index contributed by atoms with van der Waals surface area (Å²) in [6.45, 7) is 0.725. The van der Waals surface area contributed by atoms with E-state index in [0.29, 0.717) is 5.82 Å². The van der Waals surface area contributed by atoms with Crippen molar-refractivity contribution in [2.24, 2.45) is 0 Å². The van der Waals surface area contributed by atoms with E-state index in [1.165, 1.54) is 0 Å². The average molecular weight is 206 g/mol. The van der Waals surface area contributed by atoms with Crippen LogP contribution in [0.3, 0.4) is 0 Å². The third-order valence-electron chi connectivity index (χ3n) is 1.71. The van der Waals surface area contributed by atoms with Gasteiger partial charge in [0.05, 0.1) is 18.4 Å². The van der Waals surface area contributed by atoms with E-state index in [1.54, 1.807) is 29.8 Å². The van der Waals surface area contributed by atoms with E-state index in [9.17, 15) is 0 Å². The molecule has 72 valence electrons. The van der Waals surface area contributed by atoms with Gasteiger partial charge in [-0.3, -0.25) is 0 Å². The monoisotopic (exact) mass is 206 g/mol. The summed E-state index contributed by atoms with van der Waals surface area (Å²) < 4.78 is 0. The van der Waals surface area contributed by atoms with Crippen molar-refractivity contribution in [1.82, 2.24) is 9.97 Å². The highest BCUT2D eigenvalue weighted by Gasteiger charge is 1.95. The highest BCUT2D eigenvalue weighted by atomic mass is 32.1. The second-order valence-electron chi connectivity index (χ2n) is 2.75. The average Bonchev–Trinajstić information content (AvgIpc) is 2.70. The molecule has 0 saturated carbocycles. The summed E-state index contributed by atoms with van der Waals surface area (Å²) in [6, 6.07) is 3.67. The summed E-state index contributed by atoms with van der Waals surface area (Å²) in [7, 11) is 0. The van der Waals surface area contributed by atoms with Crippen LogP contribution in [0.5, 0.6) is 0 Å². The summed E-state index contributed by atoms with van der Waals surface area (Å²) in [5, 5.41) is 6.22. The number of nitrogens with one attached hydrogen (secondary N) is 1. The molecule has 0 bridgehead atoms. The van der Waals surface area contributed by atoms with Crippen molar-refractivity contribution in [3.8, 4) is 0 Å². The number of hydrogen-bond donors (Lipinski definition) is 2. The zero-order valence-corrected chi connectivity index (χ0v) is 8.29. The van der Waals surface area contributed by atoms with E-state index in [4.69, 9.17) is 5.73 Å². The normalized spacial score (nSPS) is 10.0. The van der Waals surface area contributed by atoms with Gasteiger partial charge in [0.2, 0.25) is 0 Å². The van der Waals surface area contributed by atoms with Gasteiger partial charge in [0.1, 0.15) is 10.8 Å². The second kappa shape index (κ2) is 4.06. The molecule has 0 radical (unpaired) electrons. The number of pyridine rings is 1. The van der Waals surface area contributed by atoms with Crippen LogP contribution in [0.15, 0.2) is 29.9 Å². The van der Waals surface area contributed by atoms with Gasteiger partial charge in [0.25, 0.3) is 0 Å². The maximum absolute atomic E-state index is 5.47. The molecule has 0 aromatic carbocycles. The number of thiazole rings is 1. The highest BCUT2D eigenvalue weighted by molar-refractivity contribution is 7.09. The number of nitrogen functional groups attached to an aromatic ring is 1. The number of anilines is 2. The van der Waals surface area contributed by atoms with Gasteiger partial charge in [-0.15, -0.1) is 11.3 Å². The first-order chi connectivity index (χ1) is 6.84. The third kappa shape index (κ3) is 2.20. The molecular formula is C9H10N4S. The molecule has 0 saturated heterocycles. The van der Waals surface area contributed by atoms with Gasteiger partial charge >= 0.3 is 0 Å². The fourth-order valence-electron chi connectivity index (χ4n) is 1.03. The number of nitrogens with zero attached hydrogens (tertiary/aromatic N) is 2. The summed E-state index contributed by atoms with van der Waals surface area (Å²) in [5.74, 6) is 0.532. The van der Waals surface area contributed by atoms with Crippen LogP contribution in [0.4, 0.5) is 11.5 Å². The molecule has 14 heavy (non-hydrogen) atoms. The Morgan fingerprint density at radius 1 is 1.36 bits per heavy atom. The molecule has 5 heteroatoms. The molecule has 0 aliphatic carbocycles. The first-order valence-corrected chi connectivity index (χ1v) is 5.06. The van der Waals surface area contributed by atoms with Crippen LogP contribution >= 0.6 is 11.3 Å². The summed E-state index contributed by atoms with van der Waals surface area (Å²) >= 11 is 1.63. The van der Waals surface area contributed by atoms with E-state index >= 15 is 0 Å². The van der Waals surface area contributed by atoms with Crippen LogP contribution in [0.25, 0.3) is 0 Å². The van der Waals surface area contributed by atoms with Crippen molar-refractivity contribution in [2.75, 3.05) is 11.1 Å². The number of hydrogen-bond acceptors (Lipinski definition) is 5. The molecule has 2 aromatic rings. The quantitative estimate of drug-likeness (QED) is 0.802. The third-order valence-corrected chi connectivity index (χ3v) is 2.49. The van der Waals surface area contributed by atoms with Crippen molar-refractivity contribution in [2.45, 2.75) is 6.54 Å². The van der Waals surface area contributed by atoms with Crippen molar-refractivity contribution < 1.29 is 0 Å². The Morgan fingerprint density at radius 2 is 2.29 bits per heavy atom. The van der Waals surface area contributed by atoms with Crippen LogP contribution < -0.4 is 11.1 Å². The van der Waals surface area contributed by atoms with Crippen LogP contribution in [0.2, 0.25) is 0 Å². The van der Waals surface area contributed by atoms with E-state index in [1.807, 2.05) is 11.4 Å². The lowest BCUT2D eigenvalue weighted by Crippen LogP contribution is -1.99. The minimum atomic E-state index is 0.532. The number of aromatic nitrogens is 2. The molecule has 0 atom stereocenters. The molecule has 2 rings (SSSR count). The first-order valence-electron chi connectivity index (χ1n) is 4.18. The Morgan fingerprint density at radius 3 is 2.93 bits per heavy atom. The first kappa shape index (κ1) is 8.96. The van der Waals surface area contributed by atoms with Crippen LogP contribution in [-0.4, -0.2) is 9.97 Å². The molecule has 3 N–H and O–H groups in total. The molecule has 0 unspecified atom stereocenters. The number of nitrogens with two attached hydrogens (primary N) is 1. The lowest BCUT2D eigenvalue weighted by Gasteiger charge is -2.02. The van der Waals surface area contributed by atoms with Crippen molar-refractivity contribution in [3.63, 3.8) is 0 Å². The van der Waals surface area contributed by atoms with Gasteiger partial charge in [-0.1, -0.05) is 0 Å². The lowest BCUT2D eigenvalue weighted by atomic mass is 10.4. The second-order valence-corrected chi connectivity index (χ2v) is 3.73. The smallest absolute Gasteiger partial charge is 0.123 e. The van der Waals surface area contributed by atoms with Crippen LogP contribution in [0.1, 0.15) is 5.01 Å². The zero-order chi connectivity index (χ0) is 9.80. The van der Waals surface area contributed by atoms with Gasteiger partial charge in [0.15, 0.2) is 0 Å². The minimum Gasteiger partial charge on any atom is -0.384 e. The molecule has 2 aromatic heterocycles. The van der Waals surface area contributed by atoms with Crippen LogP contribution in [-0.2, 0) is 6.54 Å². The maximum atomic E-state index is 5.47. The molecule has 2 heterocycles. The van der Waals surface area contributed by atoms with E-state index in [0.717, 1.165) is 17.2 Å². The molecular weight excluding hydrogens is 196 g/mol. The molecule has 0 amide bonds. The fourth-order valence-corrected chi connectivity index (χ4v) is 1.58. The Hall–Kier alpha value is -1.62. The molecule has 4 nitrogen and oxygen atoms in total. The van der Waals surface area contributed by atoms with E-state index in [2.05, 4.69) is 15.3 Å². The largest absolute Gasteiger partial charge is 0.384 e. The predicted octanol–water partition coefficient (Wildman–Crippen LogP) is 1.73. The molecule has 0 spiro atoms. The number of rotatable bonds is 3. The summed E-state index contributed by atoms with van der Waals surface area (Å²) in [4.78, 5) is 8.14. The van der Waals surface area contributed by atoms with Gasteiger partial charge in [-0.05, 0) is 12.1 Å². The maximum Gasteiger partial charge on any atom is 0.123 e. The Kier molecular flexibility index (Phi) is 2.60. The SMILES string of the molecule is Nc1ccc(NCc2nccs2)cn1. The van der Waals surface area contributed by atoms with Gasteiger partial charge in [0, 0.05) is 11.6 Å². The fraction of sp³-hybridized carbons (Fsp3) is 0.111. The molecule has 0 aliphatic rings. The van der Waals surface area contributed by atoms with Crippen molar-refractivity contribution in [1.29, 1.82) is 0 Å². The Balaban J connectivity index is 1.95. The van der Waals surface area contributed by atoms with Gasteiger partial charge < -0.3 is 11.1 Å². The molecule has 0 fully saturated rings. The van der Waals surface area contributed by atoms with Crippen LogP contribution in [0, 0.1) is 0 Å². The Labute approximate surface area is 85.8 Å². The topological polar surface area (TPSA) is 63.8 Å². The summed E-state index contributed by atoms with van der Waals surface area (Å²) in [5.41, 5.74) is 6.42. The zero-order valence-electron chi connectivity index (χ0n) is 7.47. The van der Waals surface area contributed by atoms with Crippen molar-refractivity contribution in [3.05, 3.63) is 34.9 Å². The highest BCUT2D eigenvalue weighted by Crippen LogP contribution is 2.10. The minimum absolute atomic E-state index is 0.532. The molecule has 0 aliphatic heterocycles. The lowest BCUT2D eigenvalue weighted by molar-refractivity contribution is 1.10. The van der Waals surface area contributed by atoms with E-state index in [-0.39, 0.29) is 0 Å². The summed E-state index contributed by atoms with van der Waals surface area (Å²) in [6.07, 6.45) is 3.51. The van der Waals surface area contributed by atoms with E-state index < -0.39 is 0 Å². The van der Waals surface area contributed by atoms with Crippen molar-refractivity contribution >= 4 is 22.8 Å². The Bertz CT molecular complexity index is 382. The van der Waals surface area contributed by atoms with Gasteiger partial charge in [-0.2, -0.15) is 0 Å².